The van der Waals surface area contributed by atoms with E-state index in [-0.39, 0.29) is 11.4 Å². The summed E-state index contributed by atoms with van der Waals surface area (Å²) in [6.45, 7) is 0. The fourth-order valence-electron chi connectivity index (χ4n) is 1.82. The van der Waals surface area contributed by atoms with Gasteiger partial charge in [-0.25, -0.2) is 14.0 Å². The average Bonchev–Trinajstić information content (AvgIpc) is 2.53. The van der Waals surface area contributed by atoms with Crippen LogP contribution < -0.4 is 10.1 Å². The van der Waals surface area contributed by atoms with Crippen LogP contribution in [0.25, 0.3) is 0 Å². The van der Waals surface area contributed by atoms with Gasteiger partial charge in [-0.2, -0.15) is 0 Å². The zero-order valence-corrected chi connectivity index (χ0v) is 12.1. The van der Waals surface area contributed by atoms with Crippen molar-refractivity contribution in [3.63, 3.8) is 0 Å². The molecule has 0 saturated carbocycles. The lowest BCUT2D eigenvalue weighted by molar-refractivity contribution is -0.153. The first-order valence-electron chi connectivity index (χ1n) is 6.67. The Morgan fingerprint density at radius 1 is 1.00 bits per heavy atom. The van der Waals surface area contributed by atoms with Crippen molar-refractivity contribution < 1.29 is 33.7 Å². The summed E-state index contributed by atoms with van der Waals surface area (Å²) in [5, 5.41) is 19.8. The second-order valence-corrected chi connectivity index (χ2v) is 4.67. The summed E-state index contributed by atoms with van der Waals surface area (Å²) in [7, 11) is 0. The fraction of sp³-hybridized carbons (Fsp3) is 0.0625. The molecule has 2 rings (SSSR count). The molecule has 0 aliphatic rings. The first-order valence-corrected chi connectivity index (χ1v) is 6.67. The number of carbonyl (C=O) groups excluding carboxylic acids is 1. The molecular weight excluding hydrogens is 321 g/mol. The number of halogens is 1. The van der Waals surface area contributed by atoms with Crippen molar-refractivity contribution in [3.8, 4) is 11.5 Å². The molecule has 7 nitrogen and oxygen atoms in total. The quantitative estimate of drug-likeness (QED) is 0.525. The molecule has 124 valence electrons. The van der Waals surface area contributed by atoms with E-state index < -0.39 is 29.6 Å². The maximum atomic E-state index is 13.1. The number of carbonyl (C=O) groups is 3. The van der Waals surface area contributed by atoms with Gasteiger partial charge in [0.25, 0.3) is 5.78 Å². The van der Waals surface area contributed by atoms with E-state index >= 15 is 0 Å². The number of rotatable bonds is 7. The standard InChI is InChI=1S/C16H12FNO6/c17-9-2-1-3-12(8-9)24-11-6-4-10(5-7-11)18-13(15(20)21)14(19)16(22)23/h1-8,13,18H,(H,20,21)(H,22,23). The SMILES string of the molecule is O=C(O)C(=O)C(Nc1ccc(Oc2cccc(F)c2)cc1)C(=O)O. The van der Waals surface area contributed by atoms with Gasteiger partial charge in [0.2, 0.25) is 0 Å². The van der Waals surface area contributed by atoms with Crippen molar-refractivity contribution in [2.45, 2.75) is 6.04 Å². The van der Waals surface area contributed by atoms with E-state index in [0.29, 0.717) is 5.75 Å². The number of carboxylic acids is 2. The highest BCUT2D eigenvalue weighted by molar-refractivity contribution is 6.39. The molecule has 0 aliphatic carbocycles. The largest absolute Gasteiger partial charge is 0.479 e. The number of ketones is 1. The van der Waals surface area contributed by atoms with Crippen LogP contribution in [0, 0.1) is 5.82 Å². The van der Waals surface area contributed by atoms with Crippen LogP contribution >= 0.6 is 0 Å². The van der Waals surface area contributed by atoms with E-state index in [2.05, 4.69) is 5.32 Å². The molecule has 3 N–H and O–H groups in total. The minimum Gasteiger partial charge on any atom is -0.479 e. The third kappa shape index (κ3) is 4.29. The minimum atomic E-state index is -1.91. The number of ether oxygens (including phenoxy) is 1. The van der Waals surface area contributed by atoms with Crippen LogP contribution in [0.1, 0.15) is 0 Å². The van der Waals surface area contributed by atoms with Gasteiger partial charge < -0.3 is 20.3 Å². The number of aliphatic carboxylic acids is 2. The van der Waals surface area contributed by atoms with Crippen molar-refractivity contribution in [3.05, 3.63) is 54.3 Å². The fourth-order valence-corrected chi connectivity index (χ4v) is 1.82. The number of anilines is 1. The van der Waals surface area contributed by atoms with Crippen molar-refractivity contribution in [1.82, 2.24) is 0 Å². The molecule has 8 heteroatoms. The average molecular weight is 333 g/mol. The minimum absolute atomic E-state index is 0.212. The van der Waals surface area contributed by atoms with Gasteiger partial charge >= 0.3 is 11.9 Å². The number of carboxylic acid groups (broad SMARTS) is 2. The van der Waals surface area contributed by atoms with E-state index in [0.717, 1.165) is 0 Å². The topological polar surface area (TPSA) is 113 Å². The summed E-state index contributed by atoms with van der Waals surface area (Å²) < 4.78 is 18.5. The van der Waals surface area contributed by atoms with E-state index in [1.54, 1.807) is 6.07 Å². The van der Waals surface area contributed by atoms with Gasteiger partial charge in [-0.1, -0.05) is 6.07 Å². The molecule has 0 aromatic heterocycles. The van der Waals surface area contributed by atoms with Gasteiger partial charge in [0, 0.05) is 11.8 Å². The highest BCUT2D eigenvalue weighted by atomic mass is 19.1. The third-order valence-corrected chi connectivity index (χ3v) is 2.92. The molecule has 0 aliphatic heterocycles. The molecule has 0 fully saturated rings. The molecule has 0 bridgehead atoms. The lowest BCUT2D eigenvalue weighted by Gasteiger charge is -2.13. The van der Waals surface area contributed by atoms with E-state index in [9.17, 15) is 18.8 Å². The number of hydrogen-bond acceptors (Lipinski definition) is 5. The van der Waals surface area contributed by atoms with Crippen molar-refractivity contribution in [2.24, 2.45) is 0 Å². The van der Waals surface area contributed by atoms with E-state index in [4.69, 9.17) is 14.9 Å². The molecule has 0 saturated heterocycles. The zero-order chi connectivity index (χ0) is 17.7. The highest BCUT2D eigenvalue weighted by Crippen LogP contribution is 2.23. The Morgan fingerprint density at radius 2 is 1.67 bits per heavy atom. The van der Waals surface area contributed by atoms with Crippen LogP contribution in [0.15, 0.2) is 48.5 Å². The number of hydrogen-bond donors (Lipinski definition) is 3. The zero-order valence-electron chi connectivity index (χ0n) is 12.1. The Hall–Kier alpha value is -3.42. The Bertz CT molecular complexity index is 774. The lowest BCUT2D eigenvalue weighted by atomic mass is 10.1. The second kappa shape index (κ2) is 7.23. The normalized spacial score (nSPS) is 11.4. The molecule has 0 heterocycles. The summed E-state index contributed by atoms with van der Waals surface area (Å²) in [6, 6.07) is 9.31. The van der Waals surface area contributed by atoms with Gasteiger partial charge in [-0.3, -0.25) is 4.79 Å². The van der Waals surface area contributed by atoms with Crippen molar-refractivity contribution in [2.75, 3.05) is 5.32 Å². The summed E-state index contributed by atoms with van der Waals surface area (Å²) in [6.07, 6.45) is 0. The van der Waals surface area contributed by atoms with Gasteiger partial charge in [-0.15, -0.1) is 0 Å². The van der Waals surface area contributed by atoms with Crippen LogP contribution in [0.4, 0.5) is 10.1 Å². The number of nitrogens with one attached hydrogen (secondary N) is 1. The molecule has 0 radical (unpaired) electrons. The van der Waals surface area contributed by atoms with Gasteiger partial charge in [0.1, 0.15) is 17.3 Å². The molecule has 1 unspecified atom stereocenters. The lowest BCUT2D eigenvalue weighted by Crippen LogP contribution is -2.41. The van der Waals surface area contributed by atoms with Crippen LogP contribution in [0.5, 0.6) is 11.5 Å². The predicted molar refractivity (Wildman–Crippen MR) is 80.6 cm³/mol. The molecule has 2 aromatic rings. The maximum absolute atomic E-state index is 13.1. The third-order valence-electron chi connectivity index (χ3n) is 2.92. The van der Waals surface area contributed by atoms with Gasteiger partial charge in [-0.05, 0) is 36.4 Å². The van der Waals surface area contributed by atoms with Gasteiger partial charge in [0.15, 0.2) is 6.04 Å². The van der Waals surface area contributed by atoms with Crippen LogP contribution in [0.3, 0.4) is 0 Å². The molecule has 24 heavy (non-hydrogen) atoms. The second-order valence-electron chi connectivity index (χ2n) is 4.67. The smallest absolute Gasteiger partial charge is 0.375 e. The van der Waals surface area contributed by atoms with Crippen LogP contribution in [-0.4, -0.2) is 34.0 Å². The molecule has 0 amide bonds. The Morgan fingerprint density at radius 3 is 2.21 bits per heavy atom. The predicted octanol–water partition coefficient (Wildman–Crippen LogP) is 2.14. The molecule has 2 aromatic carbocycles. The van der Waals surface area contributed by atoms with Crippen molar-refractivity contribution >= 4 is 23.4 Å². The van der Waals surface area contributed by atoms with E-state index in [1.807, 2.05) is 0 Å². The van der Waals surface area contributed by atoms with Crippen LogP contribution in [0.2, 0.25) is 0 Å². The first kappa shape index (κ1) is 16.9. The van der Waals surface area contributed by atoms with Crippen molar-refractivity contribution in [1.29, 1.82) is 0 Å². The molecule has 1 atom stereocenters. The van der Waals surface area contributed by atoms with E-state index in [1.165, 1.54) is 42.5 Å². The summed E-state index contributed by atoms with van der Waals surface area (Å²) in [4.78, 5) is 32.9. The monoisotopic (exact) mass is 333 g/mol. The summed E-state index contributed by atoms with van der Waals surface area (Å²) in [5.74, 6) is -4.77. The molecule has 0 spiro atoms. The maximum Gasteiger partial charge on any atom is 0.375 e. The Kier molecular flexibility index (Phi) is 5.10. The molecular formula is C16H12FNO6. The Labute approximate surface area is 135 Å². The number of benzene rings is 2. The van der Waals surface area contributed by atoms with Gasteiger partial charge in [0.05, 0.1) is 0 Å². The highest BCUT2D eigenvalue weighted by Gasteiger charge is 2.31. The Balaban J connectivity index is 2.09. The summed E-state index contributed by atoms with van der Waals surface area (Å²) >= 11 is 0. The summed E-state index contributed by atoms with van der Waals surface area (Å²) in [5.41, 5.74) is 0.212. The first-order chi connectivity index (χ1) is 11.4. The number of Topliss-reactive ketones (excluding diaryl/α,β-unsaturated/α-hetero) is 1. The van der Waals surface area contributed by atoms with Crippen LogP contribution in [-0.2, 0) is 14.4 Å².